The molecule has 2 aliphatic carbocycles. The second kappa shape index (κ2) is 12.8. The Morgan fingerprint density at radius 2 is 1.16 bits per heavy atom. The van der Waals surface area contributed by atoms with Gasteiger partial charge in [0.25, 0.3) is 0 Å². The van der Waals surface area contributed by atoms with E-state index in [9.17, 15) is 8.42 Å². The lowest BCUT2D eigenvalue weighted by Crippen LogP contribution is -2.36. The Labute approximate surface area is 250 Å². The minimum atomic E-state index is -3.71. The molecule has 0 aromatic rings. The van der Waals surface area contributed by atoms with Gasteiger partial charge in [0.05, 0.1) is 40.2 Å². The Bertz CT molecular complexity index is 806. The highest BCUT2D eigenvalue weighted by molar-refractivity contribution is 9.25. The van der Waals surface area contributed by atoms with E-state index < -0.39 is 18.9 Å². The largest absolute Gasteiger partial charge is 0.358 e. The Morgan fingerprint density at radius 3 is 1.45 bits per heavy atom. The Balaban J connectivity index is 2.12. The lowest BCUT2D eigenvalue weighted by Gasteiger charge is -2.32. The summed E-state index contributed by atoms with van der Waals surface area (Å²) in [5, 5.41) is 0. The minimum absolute atomic E-state index is 0.150. The Morgan fingerprint density at radius 1 is 0.806 bits per heavy atom. The van der Waals surface area contributed by atoms with Crippen molar-refractivity contribution in [2.45, 2.75) is 39.0 Å². The molecule has 4 atom stereocenters. The van der Waals surface area contributed by atoms with Crippen LogP contribution in [0, 0.1) is 0 Å². The third-order valence-corrected chi connectivity index (χ3v) is 13.0. The van der Waals surface area contributed by atoms with Crippen molar-refractivity contribution in [1.29, 1.82) is 0 Å². The van der Waals surface area contributed by atoms with E-state index in [1.54, 1.807) is 36.5 Å². The second-order valence-electron chi connectivity index (χ2n) is 6.56. The SMILES string of the molecule is O=S(=O)(C1=CC(Br)C(Br)(OCCC(Br)Br)C=C1)C1=CC(Br)C(Br)(OCCC(Br)Br)C=C1. The van der Waals surface area contributed by atoms with Crippen LogP contribution in [0.15, 0.2) is 46.3 Å². The maximum absolute atomic E-state index is 13.2. The van der Waals surface area contributed by atoms with Crippen molar-refractivity contribution >= 4 is 137 Å². The van der Waals surface area contributed by atoms with E-state index in [0.717, 1.165) is 12.8 Å². The number of alkyl halides is 8. The molecule has 2 rings (SSSR count). The Kier molecular flexibility index (Phi) is 12.3. The lowest BCUT2D eigenvalue weighted by molar-refractivity contribution is 0.0711. The zero-order valence-electron chi connectivity index (χ0n) is 15.7. The predicted octanol–water partition coefficient (Wildman–Crippen LogP) is 8.06. The van der Waals surface area contributed by atoms with Crippen molar-refractivity contribution in [2.24, 2.45) is 0 Å². The molecule has 31 heavy (non-hydrogen) atoms. The first-order chi connectivity index (χ1) is 14.3. The van der Waals surface area contributed by atoms with Gasteiger partial charge in [0.15, 0.2) is 9.02 Å². The topological polar surface area (TPSA) is 52.6 Å². The number of ether oxygens (including phenoxy) is 2. The molecule has 4 nitrogen and oxygen atoms in total. The lowest BCUT2D eigenvalue weighted by atomic mass is 10.1. The maximum Gasteiger partial charge on any atom is 0.206 e. The van der Waals surface area contributed by atoms with Gasteiger partial charge < -0.3 is 9.47 Å². The number of hydrogen-bond acceptors (Lipinski definition) is 4. The van der Waals surface area contributed by atoms with E-state index in [-0.39, 0.29) is 26.9 Å². The van der Waals surface area contributed by atoms with Crippen LogP contribution in [0.1, 0.15) is 12.8 Å². The molecule has 0 aromatic carbocycles. The third kappa shape index (κ3) is 8.35. The van der Waals surface area contributed by atoms with Crippen LogP contribution in [-0.2, 0) is 19.3 Å². The molecule has 0 saturated heterocycles. The second-order valence-corrected chi connectivity index (χ2v) is 19.8. The van der Waals surface area contributed by atoms with Crippen molar-refractivity contribution in [1.82, 2.24) is 0 Å². The van der Waals surface area contributed by atoms with Gasteiger partial charge in [-0.2, -0.15) is 0 Å². The predicted molar refractivity (Wildman–Crippen MR) is 157 cm³/mol. The first kappa shape index (κ1) is 29.9. The minimum Gasteiger partial charge on any atom is -0.358 e. The summed E-state index contributed by atoms with van der Waals surface area (Å²) in [7, 11) is -3.71. The molecule has 0 heterocycles. The smallest absolute Gasteiger partial charge is 0.206 e. The van der Waals surface area contributed by atoms with Gasteiger partial charge in [-0.05, 0) is 81.2 Å². The summed E-state index contributed by atoms with van der Waals surface area (Å²) in [6.07, 6.45) is 11.3. The molecule has 0 bridgehead atoms. The van der Waals surface area contributed by atoms with E-state index >= 15 is 0 Å². The molecular weight excluding hydrogens is 951 g/mol. The summed E-state index contributed by atoms with van der Waals surface area (Å²) in [6.45, 7) is 0.957. The first-order valence-corrected chi connectivity index (χ1v) is 17.4. The number of sulfone groups is 1. The average molecular weight is 970 g/mol. The van der Waals surface area contributed by atoms with Crippen molar-refractivity contribution in [3.63, 3.8) is 0 Å². The van der Waals surface area contributed by atoms with Gasteiger partial charge in [0, 0.05) is 0 Å². The fourth-order valence-corrected chi connectivity index (χ4v) is 7.05. The average Bonchev–Trinajstić information content (AvgIpc) is 2.65. The van der Waals surface area contributed by atoms with Crippen LogP contribution in [0.3, 0.4) is 0 Å². The van der Waals surface area contributed by atoms with E-state index in [1.807, 2.05) is 0 Å². The summed E-state index contributed by atoms with van der Waals surface area (Å²) in [6, 6.07) is 0. The van der Waals surface area contributed by atoms with Gasteiger partial charge in [0.1, 0.15) is 0 Å². The summed E-state index contributed by atoms with van der Waals surface area (Å²) in [5.74, 6) is 0. The van der Waals surface area contributed by atoms with Gasteiger partial charge >= 0.3 is 0 Å². The van der Waals surface area contributed by atoms with Gasteiger partial charge in [-0.1, -0.05) is 95.6 Å². The highest BCUT2D eigenvalue weighted by atomic mass is 79.9. The standard InChI is InChI=1S/C18H18Br8O4S/c19-13-9-11(1-5-17(13,25)29-7-3-15(21)22)31(27,28)12-2-6-18(26,14(20)10-12)30-8-4-16(23)24/h1-2,5-6,9-10,13-16H,3-4,7-8H2. The molecule has 0 saturated carbocycles. The summed E-state index contributed by atoms with van der Waals surface area (Å²) >= 11 is 27.9. The van der Waals surface area contributed by atoms with Crippen molar-refractivity contribution in [2.75, 3.05) is 13.2 Å². The van der Waals surface area contributed by atoms with Crippen LogP contribution < -0.4 is 0 Å². The zero-order valence-corrected chi connectivity index (χ0v) is 29.2. The van der Waals surface area contributed by atoms with Gasteiger partial charge in [0.2, 0.25) is 9.84 Å². The molecule has 13 heteroatoms. The van der Waals surface area contributed by atoms with Crippen molar-refractivity contribution in [3.8, 4) is 0 Å². The monoisotopic (exact) mass is 961 g/mol. The van der Waals surface area contributed by atoms with Crippen LogP contribution >= 0.6 is 127 Å². The highest BCUT2D eigenvalue weighted by Gasteiger charge is 2.40. The number of allylic oxidation sites excluding steroid dienone is 2. The van der Waals surface area contributed by atoms with Crippen molar-refractivity contribution < 1.29 is 17.9 Å². The zero-order chi connectivity index (χ0) is 23.4. The number of halogens is 8. The molecule has 0 aromatic heterocycles. The molecule has 176 valence electrons. The maximum atomic E-state index is 13.2. The summed E-state index contributed by atoms with van der Waals surface area (Å²) in [5.41, 5.74) is 0. The summed E-state index contributed by atoms with van der Waals surface area (Å²) < 4.78 is 37.0. The normalized spacial score (nSPS) is 31.3. The molecule has 0 radical (unpaired) electrons. The molecule has 0 aliphatic heterocycles. The van der Waals surface area contributed by atoms with Gasteiger partial charge in [-0.15, -0.1) is 0 Å². The molecule has 2 aliphatic rings. The third-order valence-electron chi connectivity index (χ3n) is 4.26. The highest BCUT2D eigenvalue weighted by Crippen LogP contribution is 2.42. The van der Waals surface area contributed by atoms with E-state index in [4.69, 9.17) is 9.47 Å². The van der Waals surface area contributed by atoms with Crippen LogP contribution in [0.5, 0.6) is 0 Å². The molecule has 0 spiro atoms. The fraction of sp³-hybridized carbons (Fsp3) is 0.556. The van der Waals surface area contributed by atoms with Crippen LogP contribution in [-0.4, -0.2) is 47.8 Å². The molecule has 0 N–H and O–H groups in total. The van der Waals surface area contributed by atoms with Gasteiger partial charge in [-0.25, -0.2) is 8.42 Å². The van der Waals surface area contributed by atoms with Crippen LogP contribution in [0.2, 0.25) is 0 Å². The van der Waals surface area contributed by atoms with E-state index in [2.05, 4.69) is 127 Å². The summed E-state index contributed by atoms with van der Waals surface area (Å²) in [4.78, 5) is -0.336. The van der Waals surface area contributed by atoms with Crippen molar-refractivity contribution in [3.05, 3.63) is 46.3 Å². The van der Waals surface area contributed by atoms with E-state index in [0.29, 0.717) is 13.2 Å². The Hall–Kier alpha value is 2.67. The van der Waals surface area contributed by atoms with Crippen LogP contribution in [0.4, 0.5) is 0 Å². The first-order valence-electron chi connectivity index (χ1n) is 8.87. The fourth-order valence-electron chi connectivity index (χ4n) is 2.56. The number of rotatable bonds is 10. The van der Waals surface area contributed by atoms with Crippen LogP contribution in [0.25, 0.3) is 0 Å². The molecular formula is C18H18Br8O4S. The van der Waals surface area contributed by atoms with E-state index in [1.165, 1.54) is 0 Å². The molecule has 0 amide bonds. The van der Waals surface area contributed by atoms with Gasteiger partial charge in [-0.3, -0.25) is 0 Å². The number of hydrogen-bond donors (Lipinski definition) is 0. The quantitative estimate of drug-likeness (QED) is 0.208. The molecule has 0 fully saturated rings. The molecule has 4 unspecified atom stereocenters.